The van der Waals surface area contributed by atoms with Gasteiger partial charge in [0.15, 0.2) is 6.61 Å². The molecule has 0 radical (unpaired) electrons. The second-order valence-corrected chi connectivity index (χ2v) is 6.45. The molecule has 2 amide bonds. The van der Waals surface area contributed by atoms with E-state index in [1.807, 2.05) is 31.2 Å². The van der Waals surface area contributed by atoms with Gasteiger partial charge in [0.25, 0.3) is 11.8 Å². The van der Waals surface area contributed by atoms with Gasteiger partial charge < -0.3 is 15.4 Å². The second-order valence-electron chi connectivity index (χ2n) is 5.53. The third kappa shape index (κ3) is 3.59. The van der Waals surface area contributed by atoms with Crippen molar-refractivity contribution >= 4 is 33.4 Å². The summed E-state index contributed by atoms with van der Waals surface area (Å²) in [4.78, 5) is 24.0. The van der Waals surface area contributed by atoms with Crippen LogP contribution in [-0.2, 0) is 4.79 Å². The molecule has 0 saturated heterocycles. The van der Waals surface area contributed by atoms with Crippen LogP contribution in [0.4, 0.5) is 5.69 Å². The Morgan fingerprint density at radius 2 is 2.04 bits per heavy atom. The molecule has 2 aromatic carbocycles. The Balaban J connectivity index is 1.77. The first-order chi connectivity index (χ1) is 11.6. The van der Waals surface area contributed by atoms with Crippen LogP contribution in [0.1, 0.15) is 35.3 Å². The molecule has 0 aromatic heterocycles. The summed E-state index contributed by atoms with van der Waals surface area (Å²) in [6.07, 6.45) is 0.776. The molecule has 6 heteroatoms. The number of halogens is 1. The largest absolute Gasteiger partial charge is 0.482 e. The number of nitrogens with one attached hydrogen (secondary N) is 2. The van der Waals surface area contributed by atoms with Crippen LogP contribution >= 0.6 is 15.9 Å². The van der Waals surface area contributed by atoms with Crippen LogP contribution < -0.4 is 15.4 Å². The van der Waals surface area contributed by atoms with E-state index in [2.05, 4.69) is 26.6 Å². The van der Waals surface area contributed by atoms with Gasteiger partial charge in [-0.25, -0.2) is 0 Å². The highest BCUT2D eigenvalue weighted by atomic mass is 79.9. The summed E-state index contributed by atoms with van der Waals surface area (Å²) in [6.45, 7) is 2.02. The molecule has 2 N–H and O–H groups in total. The van der Waals surface area contributed by atoms with Gasteiger partial charge in [0, 0.05) is 10.0 Å². The Kier molecular flexibility index (Phi) is 4.85. The predicted octanol–water partition coefficient (Wildman–Crippen LogP) is 3.66. The van der Waals surface area contributed by atoms with Crippen LogP contribution in [0.15, 0.2) is 46.9 Å². The van der Waals surface area contributed by atoms with Crippen molar-refractivity contribution in [3.05, 3.63) is 58.1 Å². The van der Waals surface area contributed by atoms with E-state index in [0.29, 0.717) is 17.0 Å². The van der Waals surface area contributed by atoms with Crippen LogP contribution in [0.3, 0.4) is 0 Å². The lowest BCUT2D eigenvalue weighted by Crippen LogP contribution is -2.29. The number of carbonyl (C=O) groups is 2. The molecule has 0 bridgehead atoms. The van der Waals surface area contributed by atoms with Crippen LogP contribution in [-0.4, -0.2) is 18.4 Å². The summed E-state index contributed by atoms with van der Waals surface area (Å²) in [5.74, 6) is 0.167. The van der Waals surface area contributed by atoms with Crippen molar-refractivity contribution in [1.82, 2.24) is 5.32 Å². The van der Waals surface area contributed by atoms with Crippen molar-refractivity contribution < 1.29 is 14.3 Å². The number of rotatable bonds is 4. The lowest BCUT2D eigenvalue weighted by Gasteiger charge is -2.20. The van der Waals surface area contributed by atoms with Gasteiger partial charge in [0.05, 0.1) is 11.7 Å². The summed E-state index contributed by atoms with van der Waals surface area (Å²) in [5.41, 5.74) is 2.05. The van der Waals surface area contributed by atoms with Gasteiger partial charge >= 0.3 is 0 Å². The molecule has 124 valence electrons. The first-order valence-corrected chi connectivity index (χ1v) is 8.49. The van der Waals surface area contributed by atoms with Gasteiger partial charge in [0.1, 0.15) is 5.75 Å². The third-order valence-corrected chi connectivity index (χ3v) is 4.39. The minimum Gasteiger partial charge on any atom is -0.482 e. The van der Waals surface area contributed by atoms with Crippen molar-refractivity contribution in [2.75, 3.05) is 11.9 Å². The highest BCUT2D eigenvalue weighted by Crippen LogP contribution is 2.29. The zero-order valence-corrected chi connectivity index (χ0v) is 14.7. The second kappa shape index (κ2) is 7.05. The highest BCUT2D eigenvalue weighted by Gasteiger charge is 2.19. The van der Waals surface area contributed by atoms with E-state index in [1.54, 1.807) is 18.2 Å². The van der Waals surface area contributed by atoms with Crippen molar-refractivity contribution in [1.29, 1.82) is 0 Å². The number of fused-ring (bicyclic) bond motifs is 1. The Hall–Kier alpha value is -2.34. The molecule has 0 spiro atoms. The molecule has 1 aliphatic heterocycles. The smallest absolute Gasteiger partial charge is 0.262 e. The van der Waals surface area contributed by atoms with Crippen LogP contribution in [0, 0.1) is 0 Å². The van der Waals surface area contributed by atoms with Gasteiger partial charge in [-0.15, -0.1) is 0 Å². The molecular weight excluding hydrogens is 372 g/mol. The number of carbonyl (C=O) groups excluding carboxylic acids is 2. The molecule has 24 heavy (non-hydrogen) atoms. The summed E-state index contributed by atoms with van der Waals surface area (Å²) in [5, 5.41) is 5.74. The number of hydrogen-bond donors (Lipinski definition) is 2. The first-order valence-electron chi connectivity index (χ1n) is 7.70. The number of hydrogen-bond acceptors (Lipinski definition) is 3. The van der Waals surface area contributed by atoms with E-state index in [9.17, 15) is 9.59 Å². The molecule has 1 heterocycles. The lowest BCUT2D eigenvalue weighted by atomic mass is 10.0. The Labute approximate surface area is 148 Å². The van der Waals surface area contributed by atoms with Gasteiger partial charge in [-0.2, -0.15) is 0 Å². The molecule has 1 aliphatic rings. The van der Waals surface area contributed by atoms with Crippen molar-refractivity contribution in [2.45, 2.75) is 19.4 Å². The fourth-order valence-electron chi connectivity index (χ4n) is 2.58. The van der Waals surface area contributed by atoms with E-state index in [0.717, 1.165) is 16.5 Å². The maximum Gasteiger partial charge on any atom is 0.262 e. The van der Waals surface area contributed by atoms with Gasteiger partial charge in [-0.1, -0.05) is 35.0 Å². The van der Waals surface area contributed by atoms with Gasteiger partial charge in [-0.05, 0) is 42.3 Å². The topological polar surface area (TPSA) is 67.4 Å². The number of ether oxygens (including phenoxy) is 1. The fourth-order valence-corrected chi connectivity index (χ4v) is 2.85. The molecule has 5 nitrogen and oxygen atoms in total. The van der Waals surface area contributed by atoms with E-state index in [4.69, 9.17) is 4.74 Å². The molecule has 2 aromatic rings. The molecule has 0 fully saturated rings. The zero-order valence-electron chi connectivity index (χ0n) is 13.1. The molecule has 0 saturated carbocycles. The Morgan fingerprint density at radius 1 is 1.29 bits per heavy atom. The Morgan fingerprint density at radius 3 is 2.75 bits per heavy atom. The van der Waals surface area contributed by atoms with Gasteiger partial charge in [-0.3, -0.25) is 9.59 Å². The lowest BCUT2D eigenvalue weighted by molar-refractivity contribution is -0.118. The maximum atomic E-state index is 12.5. The summed E-state index contributed by atoms with van der Waals surface area (Å²) in [6, 6.07) is 12.8. The summed E-state index contributed by atoms with van der Waals surface area (Å²) >= 11 is 3.41. The molecule has 1 unspecified atom stereocenters. The molecule has 3 rings (SSSR count). The first kappa shape index (κ1) is 16.5. The summed E-state index contributed by atoms with van der Waals surface area (Å²) < 4.78 is 6.30. The Bertz CT molecular complexity index is 774. The number of amides is 2. The average Bonchev–Trinajstić information content (AvgIpc) is 2.59. The van der Waals surface area contributed by atoms with Gasteiger partial charge in [0.2, 0.25) is 0 Å². The summed E-state index contributed by atoms with van der Waals surface area (Å²) in [7, 11) is 0. The van der Waals surface area contributed by atoms with E-state index in [-0.39, 0.29) is 24.5 Å². The van der Waals surface area contributed by atoms with Crippen LogP contribution in [0.25, 0.3) is 0 Å². The monoisotopic (exact) mass is 388 g/mol. The quantitative estimate of drug-likeness (QED) is 0.839. The normalized spacial score (nSPS) is 14.2. The molecule has 0 aliphatic carbocycles. The number of anilines is 1. The SMILES string of the molecule is CCC(NC(=O)c1ccc2c(c1)NC(=O)CO2)c1ccc(Br)cc1. The third-order valence-electron chi connectivity index (χ3n) is 3.86. The highest BCUT2D eigenvalue weighted by molar-refractivity contribution is 9.10. The van der Waals surface area contributed by atoms with Crippen LogP contribution in [0.5, 0.6) is 5.75 Å². The zero-order chi connectivity index (χ0) is 17.1. The number of benzene rings is 2. The minimum absolute atomic E-state index is 0.0000185. The van der Waals surface area contributed by atoms with E-state index < -0.39 is 0 Å². The maximum absolute atomic E-state index is 12.5. The standard InChI is InChI=1S/C18H17BrN2O3/c1-2-14(11-3-6-13(19)7-4-11)21-18(23)12-5-8-16-15(9-12)20-17(22)10-24-16/h3-9,14H,2,10H2,1H3,(H,20,22)(H,21,23). The van der Waals surface area contributed by atoms with E-state index >= 15 is 0 Å². The van der Waals surface area contributed by atoms with Crippen molar-refractivity contribution in [3.8, 4) is 5.75 Å². The van der Waals surface area contributed by atoms with Crippen molar-refractivity contribution in [2.24, 2.45) is 0 Å². The van der Waals surface area contributed by atoms with Crippen molar-refractivity contribution in [3.63, 3.8) is 0 Å². The minimum atomic E-state index is -0.221. The van der Waals surface area contributed by atoms with E-state index in [1.165, 1.54) is 0 Å². The predicted molar refractivity (Wildman–Crippen MR) is 95.2 cm³/mol. The molecule has 1 atom stereocenters. The fraction of sp³-hybridized carbons (Fsp3) is 0.222. The van der Waals surface area contributed by atoms with Crippen LogP contribution in [0.2, 0.25) is 0 Å². The average molecular weight is 389 g/mol. The molecular formula is C18H17BrN2O3.